The second-order valence-electron chi connectivity index (χ2n) is 5.44. The van der Waals surface area contributed by atoms with Gasteiger partial charge in [-0.2, -0.15) is 4.98 Å². The average molecular weight is 249 g/mol. The fraction of sp³-hybridized carbons (Fsp3) is 0.692. The Balaban J connectivity index is 2.16. The molecule has 1 fully saturated rings. The lowest BCUT2D eigenvalue weighted by Gasteiger charge is -2.25. The van der Waals surface area contributed by atoms with Gasteiger partial charge < -0.3 is 4.90 Å². The second-order valence-corrected chi connectivity index (χ2v) is 5.44. The van der Waals surface area contributed by atoms with Crippen molar-refractivity contribution in [2.45, 2.75) is 46.1 Å². The maximum absolute atomic E-state index is 5.41. The van der Waals surface area contributed by atoms with Crippen LogP contribution < -0.4 is 16.2 Å². The highest BCUT2D eigenvalue weighted by Crippen LogP contribution is 2.31. The number of aromatic nitrogens is 2. The monoisotopic (exact) mass is 249 g/mol. The van der Waals surface area contributed by atoms with Gasteiger partial charge in [0.1, 0.15) is 5.82 Å². The first kappa shape index (κ1) is 13.1. The minimum atomic E-state index is 0.500. The summed E-state index contributed by atoms with van der Waals surface area (Å²) in [4.78, 5) is 11.1. The second kappa shape index (κ2) is 5.52. The number of nitrogen functional groups attached to an aromatic ring is 1. The number of rotatable bonds is 6. The number of nitrogens with two attached hydrogens (primary N) is 1. The first-order valence-corrected chi connectivity index (χ1v) is 6.69. The van der Waals surface area contributed by atoms with Crippen molar-refractivity contribution in [1.29, 1.82) is 0 Å². The zero-order chi connectivity index (χ0) is 13.1. The SMILES string of the molecule is Cc1cc(N(CCC(C)C)C2CC2)nc(NN)n1. The minimum absolute atomic E-state index is 0.500. The Morgan fingerprint density at radius 1 is 1.44 bits per heavy atom. The van der Waals surface area contributed by atoms with Crippen molar-refractivity contribution >= 4 is 11.8 Å². The molecule has 100 valence electrons. The van der Waals surface area contributed by atoms with Crippen molar-refractivity contribution in [1.82, 2.24) is 9.97 Å². The third-order valence-electron chi connectivity index (χ3n) is 3.20. The maximum atomic E-state index is 5.41. The summed E-state index contributed by atoms with van der Waals surface area (Å²) in [5.74, 6) is 7.62. The molecule has 0 bridgehead atoms. The Bertz CT molecular complexity index is 400. The summed E-state index contributed by atoms with van der Waals surface area (Å²) in [5, 5.41) is 0. The molecule has 1 saturated carbocycles. The number of hydrogen-bond donors (Lipinski definition) is 2. The molecular formula is C13H23N5. The predicted octanol–water partition coefficient (Wildman–Crippen LogP) is 2.09. The van der Waals surface area contributed by atoms with Gasteiger partial charge in [0, 0.05) is 24.3 Å². The molecule has 3 N–H and O–H groups in total. The number of nitrogens with one attached hydrogen (secondary N) is 1. The highest BCUT2D eigenvalue weighted by atomic mass is 15.3. The summed E-state index contributed by atoms with van der Waals surface area (Å²) in [6.45, 7) is 7.54. The fourth-order valence-corrected chi connectivity index (χ4v) is 2.03. The molecule has 0 aromatic carbocycles. The van der Waals surface area contributed by atoms with Crippen LogP contribution in [0.15, 0.2) is 6.07 Å². The third-order valence-corrected chi connectivity index (χ3v) is 3.20. The molecule has 5 heteroatoms. The van der Waals surface area contributed by atoms with Crippen molar-refractivity contribution in [3.63, 3.8) is 0 Å². The topological polar surface area (TPSA) is 67.1 Å². The number of nitrogens with zero attached hydrogens (tertiary/aromatic N) is 3. The lowest BCUT2D eigenvalue weighted by atomic mass is 10.1. The van der Waals surface area contributed by atoms with Crippen molar-refractivity contribution in [2.75, 3.05) is 16.9 Å². The molecule has 2 rings (SSSR count). The smallest absolute Gasteiger partial charge is 0.239 e. The van der Waals surface area contributed by atoms with Crippen molar-refractivity contribution in [2.24, 2.45) is 11.8 Å². The van der Waals surface area contributed by atoms with E-state index in [2.05, 4.69) is 34.1 Å². The summed E-state index contributed by atoms with van der Waals surface area (Å²) in [7, 11) is 0. The molecule has 5 nitrogen and oxygen atoms in total. The first-order chi connectivity index (χ1) is 8.60. The van der Waals surface area contributed by atoms with Crippen LogP contribution in [0, 0.1) is 12.8 Å². The first-order valence-electron chi connectivity index (χ1n) is 6.69. The van der Waals surface area contributed by atoms with Crippen LogP contribution in [-0.4, -0.2) is 22.6 Å². The quantitative estimate of drug-likeness (QED) is 0.597. The number of hydrogen-bond acceptors (Lipinski definition) is 5. The standard InChI is InChI=1S/C13H23N5/c1-9(2)6-7-18(11-4-5-11)12-8-10(3)15-13(16-12)17-14/h8-9,11H,4-7,14H2,1-3H3,(H,15,16,17). The van der Waals surface area contributed by atoms with E-state index in [0.29, 0.717) is 17.9 Å². The van der Waals surface area contributed by atoms with E-state index in [0.717, 1.165) is 18.1 Å². The molecule has 0 radical (unpaired) electrons. The van der Waals surface area contributed by atoms with Gasteiger partial charge in [-0.25, -0.2) is 10.8 Å². The molecule has 0 amide bonds. The zero-order valence-corrected chi connectivity index (χ0v) is 11.5. The van der Waals surface area contributed by atoms with Crippen LogP contribution in [0.4, 0.5) is 11.8 Å². The Morgan fingerprint density at radius 3 is 2.72 bits per heavy atom. The normalized spacial score (nSPS) is 14.9. The van der Waals surface area contributed by atoms with E-state index >= 15 is 0 Å². The number of hydrazine groups is 1. The summed E-state index contributed by atoms with van der Waals surface area (Å²) >= 11 is 0. The molecule has 0 atom stereocenters. The lowest BCUT2D eigenvalue weighted by molar-refractivity contribution is 0.568. The Morgan fingerprint density at radius 2 is 2.17 bits per heavy atom. The fourth-order valence-electron chi connectivity index (χ4n) is 2.03. The zero-order valence-electron chi connectivity index (χ0n) is 11.5. The van der Waals surface area contributed by atoms with Crippen LogP contribution >= 0.6 is 0 Å². The van der Waals surface area contributed by atoms with E-state index in [9.17, 15) is 0 Å². The van der Waals surface area contributed by atoms with Crippen molar-refractivity contribution < 1.29 is 0 Å². The van der Waals surface area contributed by atoms with Gasteiger partial charge >= 0.3 is 0 Å². The molecule has 0 aliphatic heterocycles. The van der Waals surface area contributed by atoms with E-state index in [1.54, 1.807) is 0 Å². The molecule has 0 unspecified atom stereocenters. The van der Waals surface area contributed by atoms with E-state index < -0.39 is 0 Å². The van der Waals surface area contributed by atoms with E-state index in [1.165, 1.54) is 19.3 Å². The van der Waals surface area contributed by atoms with Gasteiger partial charge in [-0.15, -0.1) is 0 Å². The van der Waals surface area contributed by atoms with Gasteiger partial charge in [0.15, 0.2) is 0 Å². The van der Waals surface area contributed by atoms with Gasteiger partial charge in [0.2, 0.25) is 5.95 Å². The number of aryl methyl sites for hydroxylation is 1. The summed E-state index contributed by atoms with van der Waals surface area (Å²) < 4.78 is 0. The van der Waals surface area contributed by atoms with E-state index in [-0.39, 0.29) is 0 Å². The van der Waals surface area contributed by atoms with Crippen LogP contribution in [0.25, 0.3) is 0 Å². The van der Waals surface area contributed by atoms with Crippen molar-refractivity contribution in [3.05, 3.63) is 11.8 Å². The lowest BCUT2D eigenvalue weighted by Crippen LogP contribution is -2.29. The van der Waals surface area contributed by atoms with Gasteiger partial charge in [-0.3, -0.25) is 5.43 Å². The predicted molar refractivity (Wildman–Crippen MR) is 74.4 cm³/mol. The molecule has 1 aliphatic carbocycles. The van der Waals surface area contributed by atoms with Gasteiger partial charge in [-0.1, -0.05) is 13.8 Å². The van der Waals surface area contributed by atoms with Crippen LogP contribution in [0.2, 0.25) is 0 Å². The van der Waals surface area contributed by atoms with E-state index in [1.807, 2.05) is 13.0 Å². The highest BCUT2D eigenvalue weighted by molar-refractivity contribution is 5.46. The molecule has 1 heterocycles. The largest absolute Gasteiger partial charge is 0.353 e. The summed E-state index contributed by atoms with van der Waals surface area (Å²) in [6.07, 6.45) is 3.73. The maximum Gasteiger partial charge on any atom is 0.239 e. The Labute approximate surface area is 109 Å². The molecule has 0 spiro atoms. The third kappa shape index (κ3) is 3.32. The molecular weight excluding hydrogens is 226 g/mol. The summed E-state index contributed by atoms with van der Waals surface area (Å²) in [5.41, 5.74) is 3.49. The molecule has 1 aromatic rings. The minimum Gasteiger partial charge on any atom is -0.353 e. The van der Waals surface area contributed by atoms with Gasteiger partial charge in [0.25, 0.3) is 0 Å². The van der Waals surface area contributed by atoms with E-state index in [4.69, 9.17) is 5.84 Å². The summed E-state index contributed by atoms with van der Waals surface area (Å²) in [6, 6.07) is 2.70. The van der Waals surface area contributed by atoms with Crippen molar-refractivity contribution in [3.8, 4) is 0 Å². The Hall–Kier alpha value is -1.36. The van der Waals surface area contributed by atoms with Gasteiger partial charge in [-0.05, 0) is 32.1 Å². The van der Waals surface area contributed by atoms with Crippen LogP contribution in [0.5, 0.6) is 0 Å². The molecule has 1 aromatic heterocycles. The van der Waals surface area contributed by atoms with Gasteiger partial charge in [0.05, 0.1) is 0 Å². The molecule has 1 aliphatic rings. The van der Waals surface area contributed by atoms with Crippen LogP contribution in [0.1, 0.15) is 38.8 Å². The average Bonchev–Trinajstić information content (AvgIpc) is 3.12. The van der Waals surface area contributed by atoms with Crippen LogP contribution in [-0.2, 0) is 0 Å². The highest BCUT2D eigenvalue weighted by Gasteiger charge is 2.30. The Kier molecular flexibility index (Phi) is 4.01. The molecule has 0 saturated heterocycles. The molecule has 18 heavy (non-hydrogen) atoms. The number of anilines is 2. The van der Waals surface area contributed by atoms with Crippen LogP contribution in [0.3, 0.4) is 0 Å².